The van der Waals surface area contributed by atoms with Crippen molar-refractivity contribution in [1.29, 1.82) is 0 Å². The fourth-order valence-electron chi connectivity index (χ4n) is 1.98. The monoisotopic (exact) mass is 319 g/mol. The normalized spacial score (nSPS) is 11.5. The van der Waals surface area contributed by atoms with Crippen LogP contribution in [0.15, 0.2) is 44.9 Å². The topological polar surface area (TPSA) is 36.4 Å². The maximum atomic E-state index is 4.27. The summed E-state index contributed by atoms with van der Waals surface area (Å²) in [4.78, 5) is 5.58. The van der Waals surface area contributed by atoms with E-state index in [4.69, 9.17) is 0 Å². The third-order valence-electron chi connectivity index (χ3n) is 3.15. The predicted molar refractivity (Wildman–Crippen MR) is 94.3 cm³/mol. The van der Waals surface area contributed by atoms with Gasteiger partial charge in [-0.2, -0.15) is 11.3 Å². The molecule has 112 valence electrons. The average molecular weight is 319 g/mol. The minimum absolute atomic E-state index is 0.778. The first-order chi connectivity index (χ1) is 10.2. The number of aryl methyl sites for hydroxylation is 1. The van der Waals surface area contributed by atoms with Crippen LogP contribution in [-0.2, 0) is 13.1 Å². The van der Waals surface area contributed by atoms with Crippen LogP contribution in [0.1, 0.15) is 16.7 Å². The fraction of sp³-hybridized carbons (Fsp3) is 0.312. The van der Waals surface area contributed by atoms with Gasteiger partial charge in [-0.15, -0.1) is 11.8 Å². The van der Waals surface area contributed by atoms with Crippen LogP contribution in [0, 0.1) is 6.92 Å². The molecule has 0 radical (unpaired) electrons. The highest BCUT2D eigenvalue weighted by molar-refractivity contribution is 7.98. The molecule has 0 saturated heterocycles. The lowest BCUT2D eigenvalue weighted by Crippen LogP contribution is -2.36. The van der Waals surface area contributed by atoms with Crippen LogP contribution in [0.2, 0.25) is 0 Å². The first-order valence-electron chi connectivity index (χ1n) is 6.82. The summed E-state index contributed by atoms with van der Waals surface area (Å²) in [5, 5.41) is 10.9. The second-order valence-corrected chi connectivity index (χ2v) is 6.35. The van der Waals surface area contributed by atoms with Gasteiger partial charge in [-0.25, -0.2) is 0 Å². The third-order valence-corrected chi connectivity index (χ3v) is 4.70. The van der Waals surface area contributed by atoms with Gasteiger partial charge in [-0.3, -0.25) is 4.99 Å². The molecule has 0 fully saturated rings. The van der Waals surface area contributed by atoms with Crippen molar-refractivity contribution in [3.8, 4) is 0 Å². The van der Waals surface area contributed by atoms with Gasteiger partial charge < -0.3 is 10.6 Å². The second-order valence-electron chi connectivity index (χ2n) is 4.73. The quantitative estimate of drug-likeness (QED) is 0.502. The summed E-state index contributed by atoms with van der Waals surface area (Å²) in [6.07, 6.45) is 2.11. The Hall–Kier alpha value is -1.46. The van der Waals surface area contributed by atoms with Crippen LogP contribution in [0.5, 0.6) is 0 Å². The molecule has 1 aromatic carbocycles. The molecule has 3 nitrogen and oxygen atoms in total. The minimum atomic E-state index is 0.778. The van der Waals surface area contributed by atoms with Gasteiger partial charge in [-0.05, 0) is 52.8 Å². The molecule has 0 aliphatic heterocycles. The highest BCUT2D eigenvalue weighted by Crippen LogP contribution is 2.21. The molecule has 0 aliphatic carbocycles. The lowest BCUT2D eigenvalue weighted by Gasteiger charge is -2.13. The zero-order chi connectivity index (χ0) is 15.1. The van der Waals surface area contributed by atoms with E-state index in [0.29, 0.717) is 0 Å². The van der Waals surface area contributed by atoms with Crippen molar-refractivity contribution in [1.82, 2.24) is 10.6 Å². The third kappa shape index (κ3) is 4.79. The van der Waals surface area contributed by atoms with Crippen molar-refractivity contribution in [3.05, 3.63) is 51.7 Å². The summed E-state index contributed by atoms with van der Waals surface area (Å²) in [5.74, 6) is 0.828. The Morgan fingerprint density at radius 2 is 2.05 bits per heavy atom. The number of guanidine groups is 1. The summed E-state index contributed by atoms with van der Waals surface area (Å²) in [7, 11) is 1.80. The molecule has 2 rings (SSSR count). The molecule has 0 saturated carbocycles. The van der Waals surface area contributed by atoms with Crippen molar-refractivity contribution < 1.29 is 0 Å². The highest BCUT2D eigenvalue weighted by Gasteiger charge is 2.04. The van der Waals surface area contributed by atoms with Gasteiger partial charge in [-0.1, -0.05) is 12.1 Å². The Bertz CT molecular complexity index is 592. The molecule has 1 heterocycles. The molecule has 0 aliphatic rings. The van der Waals surface area contributed by atoms with E-state index in [1.54, 1.807) is 30.1 Å². The van der Waals surface area contributed by atoms with Gasteiger partial charge in [0.15, 0.2) is 5.96 Å². The Kier molecular flexibility index (Phi) is 6.14. The number of hydrogen-bond donors (Lipinski definition) is 2. The highest BCUT2D eigenvalue weighted by atomic mass is 32.2. The van der Waals surface area contributed by atoms with Crippen LogP contribution in [0.25, 0.3) is 0 Å². The van der Waals surface area contributed by atoms with E-state index in [1.807, 2.05) is 0 Å². The van der Waals surface area contributed by atoms with Gasteiger partial charge in [0, 0.05) is 25.0 Å². The lowest BCUT2D eigenvalue weighted by atomic mass is 10.1. The first kappa shape index (κ1) is 15.9. The van der Waals surface area contributed by atoms with Gasteiger partial charge >= 0.3 is 0 Å². The van der Waals surface area contributed by atoms with Crippen LogP contribution < -0.4 is 10.6 Å². The molecule has 0 unspecified atom stereocenters. The first-order valence-corrected chi connectivity index (χ1v) is 8.99. The second kappa shape index (κ2) is 8.10. The molecule has 0 amide bonds. The van der Waals surface area contributed by atoms with E-state index in [9.17, 15) is 0 Å². The van der Waals surface area contributed by atoms with Gasteiger partial charge in [0.2, 0.25) is 0 Å². The Balaban J connectivity index is 1.91. The Morgan fingerprint density at radius 3 is 2.71 bits per heavy atom. The molecule has 1 aromatic heterocycles. The SMILES string of the molecule is CN=C(NCc1ccsc1)NCc1ccc(C)cc1SC. The summed E-state index contributed by atoms with van der Waals surface area (Å²) in [5.41, 5.74) is 3.87. The molecule has 21 heavy (non-hydrogen) atoms. The lowest BCUT2D eigenvalue weighted by molar-refractivity contribution is 0.802. The van der Waals surface area contributed by atoms with Gasteiger partial charge in [0.1, 0.15) is 0 Å². The number of benzene rings is 1. The largest absolute Gasteiger partial charge is 0.352 e. The maximum Gasteiger partial charge on any atom is 0.191 e. The number of aliphatic imine (C=N–C) groups is 1. The molecule has 0 bridgehead atoms. The summed E-state index contributed by atoms with van der Waals surface area (Å²) in [6.45, 7) is 3.70. The van der Waals surface area contributed by atoms with Crippen LogP contribution in [0.3, 0.4) is 0 Å². The van der Waals surface area contributed by atoms with E-state index in [-0.39, 0.29) is 0 Å². The molecule has 0 atom stereocenters. The molecule has 2 aromatic rings. The maximum absolute atomic E-state index is 4.27. The van der Waals surface area contributed by atoms with Crippen molar-refractivity contribution in [2.45, 2.75) is 24.9 Å². The Morgan fingerprint density at radius 1 is 1.24 bits per heavy atom. The number of nitrogens with one attached hydrogen (secondary N) is 2. The average Bonchev–Trinajstić information content (AvgIpc) is 3.01. The van der Waals surface area contributed by atoms with Crippen LogP contribution in [0.4, 0.5) is 0 Å². The Labute approximate surface area is 134 Å². The summed E-state index contributed by atoms with van der Waals surface area (Å²) < 4.78 is 0. The number of thioether (sulfide) groups is 1. The van der Waals surface area contributed by atoms with Gasteiger partial charge in [0.05, 0.1) is 0 Å². The number of rotatable bonds is 5. The predicted octanol–water partition coefficient (Wildman–Crippen LogP) is 3.64. The molecular weight excluding hydrogens is 298 g/mol. The van der Waals surface area contributed by atoms with Gasteiger partial charge in [0.25, 0.3) is 0 Å². The van der Waals surface area contributed by atoms with Crippen molar-refractivity contribution in [2.75, 3.05) is 13.3 Å². The summed E-state index contributed by atoms with van der Waals surface area (Å²) in [6, 6.07) is 8.68. The van der Waals surface area contributed by atoms with Crippen LogP contribution >= 0.6 is 23.1 Å². The molecular formula is C16H21N3S2. The molecule has 0 spiro atoms. The fourth-order valence-corrected chi connectivity index (χ4v) is 3.35. The van der Waals surface area contributed by atoms with Crippen molar-refractivity contribution in [3.63, 3.8) is 0 Å². The van der Waals surface area contributed by atoms with E-state index in [2.05, 4.69) is 63.8 Å². The zero-order valence-corrected chi connectivity index (χ0v) is 14.3. The standard InChI is InChI=1S/C16H21N3S2/c1-12-4-5-14(15(8-12)20-3)10-19-16(17-2)18-9-13-6-7-21-11-13/h4-8,11H,9-10H2,1-3H3,(H2,17,18,19). The zero-order valence-electron chi connectivity index (χ0n) is 12.6. The molecule has 5 heteroatoms. The van der Waals surface area contributed by atoms with E-state index < -0.39 is 0 Å². The van der Waals surface area contributed by atoms with Crippen molar-refractivity contribution >= 4 is 29.1 Å². The van der Waals surface area contributed by atoms with E-state index >= 15 is 0 Å². The minimum Gasteiger partial charge on any atom is -0.352 e. The molecule has 2 N–H and O–H groups in total. The van der Waals surface area contributed by atoms with Crippen molar-refractivity contribution in [2.24, 2.45) is 4.99 Å². The number of nitrogens with zero attached hydrogens (tertiary/aromatic N) is 1. The van der Waals surface area contributed by atoms with Crippen LogP contribution in [-0.4, -0.2) is 19.3 Å². The number of hydrogen-bond acceptors (Lipinski definition) is 3. The number of thiophene rings is 1. The van der Waals surface area contributed by atoms with E-state index in [1.165, 1.54) is 21.6 Å². The smallest absolute Gasteiger partial charge is 0.191 e. The summed E-state index contributed by atoms with van der Waals surface area (Å²) >= 11 is 3.49. The van der Waals surface area contributed by atoms with E-state index in [0.717, 1.165) is 19.0 Å².